The van der Waals surface area contributed by atoms with Crippen LogP contribution in [0.5, 0.6) is 0 Å². The van der Waals surface area contributed by atoms with Gasteiger partial charge in [0.15, 0.2) is 0 Å². The molecule has 0 atom stereocenters. The first-order valence-corrected chi connectivity index (χ1v) is 4.53. The molecule has 0 saturated carbocycles. The second-order valence-corrected chi connectivity index (χ2v) is 3.68. The van der Waals surface area contributed by atoms with E-state index in [1.54, 1.807) is 11.3 Å². The lowest BCUT2D eigenvalue weighted by molar-refractivity contribution is 1.49. The minimum Gasteiger partial charge on any atom is -0.243 e. The zero-order valence-electron chi connectivity index (χ0n) is 5.04. The van der Waals surface area contributed by atoms with Crippen LogP contribution in [0.25, 0.3) is 10.2 Å². The molecule has 0 N–H and O–H groups in total. The Kier molecular flexibility index (Phi) is 1.47. The number of hydrogen-bond acceptors (Lipinski definition) is 2. The van der Waals surface area contributed by atoms with Crippen LogP contribution < -0.4 is 0 Å². The molecular formula is C7H4BrNS. The average Bonchev–Trinajstić information content (AvgIpc) is 2.36. The number of rotatable bonds is 0. The molecule has 50 valence electrons. The van der Waals surface area contributed by atoms with Gasteiger partial charge in [0.1, 0.15) is 0 Å². The molecule has 1 nitrogen and oxygen atoms in total. The molecule has 0 spiro atoms. The predicted molar refractivity (Wildman–Crippen MR) is 47.3 cm³/mol. The maximum absolute atomic E-state index is 4.19. The number of para-hydroxylation sites is 1. The van der Waals surface area contributed by atoms with Crippen molar-refractivity contribution in [3.63, 3.8) is 0 Å². The summed E-state index contributed by atoms with van der Waals surface area (Å²) in [5.41, 5.74) is 2.92. The summed E-state index contributed by atoms with van der Waals surface area (Å²) in [7, 11) is 0. The van der Waals surface area contributed by atoms with Crippen molar-refractivity contribution in [2.75, 3.05) is 0 Å². The van der Waals surface area contributed by atoms with Crippen LogP contribution >= 0.6 is 27.3 Å². The summed E-state index contributed by atoms with van der Waals surface area (Å²) in [5.74, 6) is 0. The van der Waals surface area contributed by atoms with E-state index in [9.17, 15) is 0 Å². The first kappa shape index (κ1) is 6.31. The quantitative estimate of drug-likeness (QED) is 0.656. The third kappa shape index (κ3) is 0.859. The summed E-state index contributed by atoms with van der Waals surface area (Å²) in [6.45, 7) is 0. The predicted octanol–water partition coefficient (Wildman–Crippen LogP) is 3.06. The minimum absolute atomic E-state index is 1.06. The van der Waals surface area contributed by atoms with Crippen molar-refractivity contribution in [3.05, 3.63) is 28.2 Å². The normalized spacial score (nSPS) is 10.5. The van der Waals surface area contributed by atoms with Crippen molar-refractivity contribution in [3.8, 4) is 0 Å². The molecule has 0 unspecified atom stereocenters. The lowest BCUT2D eigenvalue weighted by Crippen LogP contribution is -1.67. The number of fused-ring (bicyclic) bond motifs is 1. The van der Waals surface area contributed by atoms with E-state index in [2.05, 4.69) is 27.0 Å². The van der Waals surface area contributed by atoms with Crippen molar-refractivity contribution in [2.45, 2.75) is 0 Å². The van der Waals surface area contributed by atoms with Gasteiger partial charge in [-0.05, 0) is 28.1 Å². The highest BCUT2D eigenvalue weighted by molar-refractivity contribution is 9.10. The van der Waals surface area contributed by atoms with E-state index in [0.29, 0.717) is 0 Å². The lowest BCUT2D eigenvalue weighted by atomic mass is 10.3. The highest BCUT2D eigenvalue weighted by Gasteiger charge is 1.97. The molecule has 1 aromatic carbocycles. The molecule has 2 aromatic rings. The smallest absolute Gasteiger partial charge is 0.0953 e. The maximum Gasteiger partial charge on any atom is 0.0953 e. The molecule has 10 heavy (non-hydrogen) atoms. The Morgan fingerprint density at radius 2 is 2.30 bits per heavy atom. The summed E-state index contributed by atoms with van der Waals surface area (Å²) in [5, 5.41) is 0. The Labute approximate surface area is 70.8 Å². The maximum atomic E-state index is 4.19. The first-order chi connectivity index (χ1) is 4.88. The average molecular weight is 214 g/mol. The van der Waals surface area contributed by atoms with E-state index >= 15 is 0 Å². The van der Waals surface area contributed by atoms with Gasteiger partial charge in [-0.15, -0.1) is 11.3 Å². The van der Waals surface area contributed by atoms with Crippen LogP contribution in [0.1, 0.15) is 0 Å². The van der Waals surface area contributed by atoms with Gasteiger partial charge in [-0.2, -0.15) is 0 Å². The fourth-order valence-electron chi connectivity index (χ4n) is 0.852. The van der Waals surface area contributed by atoms with Crippen LogP contribution in [0, 0.1) is 0 Å². The van der Waals surface area contributed by atoms with Crippen molar-refractivity contribution < 1.29 is 0 Å². The second-order valence-electron chi connectivity index (χ2n) is 1.94. The number of aromatic nitrogens is 1. The molecule has 1 aromatic heterocycles. The van der Waals surface area contributed by atoms with Gasteiger partial charge < -0.3 is 0 Å². The zero-order chi connectivity index (χ0) is 6.97. The number of nitrogens with zero attached hydrogens (tertiary/aromatic N) is 1. The van der Waals surface area contributed by atoms with E-state index in [0.717, 1.165) is 9.99 Å². The lowest BCUT2D eigenvalue weighted by Gasteiger charge is -1.88. The van der Waals surface area contributed by atoms with Crippen LogP contribution in [-0.2, 0) is 0 Å². The van der Waals surface area contributed by atoms with Crippen LogP contribution in [0.15, 0.2) is 28.2 Å². The van der Waals surface area contributed by atoms with Gasteiger partial charge >= 0.3 is 0 Å². The monoisotopic (exact) mass is 213 g/mol. The number of halogens is 1. The van der Waals surface area contributed by atoms with Crippen molar-refractivity contribution in [2.24, 2.45) is 0 Å². The summed E-state index contributed by atoms with van der Waals surface area (Å²) in [6, 6.07) is 6.09. The van der Waals surface area contributed by atoms with Gasteiger partial charge in [0.05, 0.1) is 15.7 Å². The van der Waals surface area contributed by atoms with E-state index < -0.39 is 0 Å². The number of hydrogen-bond donors (Lipinski definition) is 0. The molecular weight excluding hydrogens is 210 g/mol. The molecule has 0 amide bonds. The van der Waals surface area contributed by atoms with Gasteiger partial charge in [-0.1, -0.05) is 6.07 Å². The molecule has 0 aliphatic rings. The minimum atomic E-state index is 1.06. The van der Waals surface area contributed by atoms with Gasteiger partial charge in [-0.25, -0.2) is 4.98 Å². The van der Waals surface area contributed by atoms with E-state index in [4.69, 9.17) is 0 Å². The van der Waals surface area contributed by atoms with Crippen LogP contribution in [0.2, 0.25) is 0 Å². The van der Waals surface area contributed by atoms with Crippen molar-refractivity contribution in [1.82, 2.24) is 4.98 Å². The standard InChI is InChI=1S/C7H4BrNS/c8-5-2-1-3-6-7(5)9-4-10-6/h1-4H. The van der Waals surface area contributed by atoms with Crippen molar-refractivity contribution in [1.29, 1.82) is 0 Å². The van der Waals surface area contributed by atoms with Crippen molar-refractivity contribution >= 4 is 37.5 Å². The molecule has 0 bridgehead atoms. The van der Waals surface area contributed by atoms with Crippen LogP contribution in [0.4, 0.5) is 0 Å². The zero-order valence-corrected chi connectivity index (χ0v) is 7.45. The molecule has 0 saturated heterocycles. The van der Waals surface area contributed by atoms with E-state index in [-0.39, 0.29) is 0 Å². The SMILES string of the molecule is Brc1cccc2scnc12. The molecule has 3 heteroatoms. The second kappa shape index (κ2) is 2.32. The number of thiazole rings is 1. The molecule has 0 aliphatic carbocycles. The fraction of sp³-hybridized carbons (Fsp3) is 0. The Morgan fingerprint density at radius 1 is 1.40 bits per heavy atom. The van der Waals surface area contributed by atoms with E-state index in [1.165, 1.54) is 4.70 Å². The third-order valence-corrected chi connectivity index (χ3v) is 2.75. The Morgan fingerprint density at radius 3 is 3.10 bits per heavy atom. The molecule has 1 heterocycles. The molecule has 0 radical (unpaired) electrons. The molecule has 0 fully saturated rings. The fourth-order valence-corrected chi connectivity index (χ4v) is 2.15. The summed E-state index contributed by atoms with van der Waals surface area (Å²) in [4.78, 5) is 4.19. The van der Waals surface area contributed by atoms with Crippen LogP contribution in [-0.4, -0.2) is 4.98 Å². The van der Waals surface area contributed by atoms with Gasteiger partial charge in [-0.3, -0.25) is 0 Å². The third-order valence-electron chi connectivity index (χ3n) is 1.31. The number of benzene rings is 1. The Bertz CT molecular complexity index is 355. The highest BCUT2D eigenvalue weighted by Crippen LogP contribution is 2.24. The summed E-state index contributed by atoms with van der Waals surface area (Å²) >= 11 is 5.08. The molecule has 2 rings (SSSR count). The molecule has 0 aliphatic heterocycles. The van der Waals surface area contributed by atoms with Gasteiger partial charge in [0.2, 0.25) is 0 Å². The van der Waals surface area contributed by atoms with Gasteiger partial charge in [0, 0.05) is 4.47 Å². The topological polar surface area (TPSA) is 12.9 Å². The highest BCUT2D eigenvalue weighted by atomic mass is 79.9. The first-order valence-electron chi connectivity index (χ1n) is 2.85. The summed E-state index contributed by atoms with van der Waals surface area (Å²) in [6.07, 6.45) is 0. The largest absolute Gasteiger partial charge is 0.243 e. The summed E-state index contributed by atoms with van der Waals surface area (Å²) < 4.78 is 2.31. The van der Waals surface area contributed by atoms with Gasteiger partial charge in [0.25, 0.3) is 0 Å². The van der Waals surface area contributed by atoms with E-state index in [1.807, 2.05) is 17.6 Å². The van der Waals surface area contributed by atoms with Crippen LogP contribution in [0.3, 0.4) is 0 Å². The Balaban J connectivity index is 2.95. The Hall–Kier alpha value is -0.410.